The fourth-order valence-corrected chi connectivity index (χ4v) is 16.1. The van der Waals surface area contributed by atoms with Crippen LogP contribution in [-0.4, -0.2) is 11.3 Å². The molecule has 90 heavy (non-hydrogen) atoms. The van der Waals surface area contributed by atoms with E-state index in [0.29, 0.717) is 6.42 Å². The Labute approximate surface area is 519 Å². The lowest BCUT2D eigenvalue weighted by Gasteiger charge is -2.45. The standard InChI is InChI=1S/C85H52BN3O/c1-2-19-53(20-3-1)54-37-44-79-76(48-54)86-75-43-40-58(87-77-34-15-12-30-69(77)70-31-13-16-35-78(70)87)51-80(75)89(57-39-42-68-64-27-7-5-23-60(64)62-25-9-11-29-66(62)74(68)50-57)82-47-52(45-55-21-18-33-72-71-32-14-17-36-83(71)90-85(55)72)46-81(84(82)86)88(79)56-38-41-67-63-26-6-4-22-59(63)61-24-8-10-28-65(61)73(67)49-56/h1-44,46-51H,45H2. The number of furan rings is 1. The molecule has 20 rings (SSSR count). The maximum atomic E-state index is 6.87. The summed E-state index contributed by atoms with van der Waals surface area (Å²) in [5.41, 5.74) is 20.6. The molecule has 416 valence electrons. The van der Waals surface area contributed by atoms with E-state index in [9.17, 15) is 0 Å². The van der Waals surface area contributed by atoms with Crippen molar-refractivity contribution in [3.63, 3.8) is 0 Å². The van der Waals surface area contributed by atoms with Crippen LogP contribution < -0.4 is 26.2 Å². The smallest absolute Gasteiger partial charge is 0.252 e. The van der Waals surface area contributed by atoms with Crippen LogP contribution in [0.25, 0.3) is 125 Å². The van der Waals surface area contributed by atoms with Crippen molar-refractivity contribution in [1.29, 1.82) is 0 Å². The predicted octanol–water partition coefficient (Wildman–Crippen LogP) is 20.9. The molecule has 4 nitrogen and oxygen atoms in total. The fourth-order valence-electron chi connectivity index (χ4n) is 16.1. The predicted molar refractivity (Wildman–Crippen MR) is 382 cm³/mol. The van der Waals surface area contributed by atoms with Crippen LogP contribution in [0, 0.1) is 0 Å². The highest BCUT2D eigenvalue weighted by Crippen LogP contribution is 2.49. The minimum Gasteiger partial charge on any atom is -0.456 e. The highest BCUT2D eigenvalue weighted by molar-refractivity contribution is 7.00. The molecular weight excluding hydrogens is 1090 g/mol. The van der Waals surface area contributed by atoms with E-state index in [1.54, 1.807) is 0 Å². The molecule has 0 bridgehead atoms. The molecule has 4 heterocycles. The van der Waals surface area contributed by atoms with Crippen LogP contribution in [-0.2, 0) is 6.42 Å². The first-order valence-corrected chi connectivity index (χ1v) is 31.3. The van der Waals surface area contributed by atoms with Gasteiger partial charge in [0, 0.05) is 67.8 Å². The molecule has 0 amide bonds. The van der Waals surface area contributed by atoms with Crippen molar-refractivity contribution < 1.29 is 4.42 Å². The number of para-hydroxylation sites is 4. The number of hydrogen-bond donors (Lipinski definition) is 0. The number of rotatable bonds is 6. The van der Waals surface area contributed by atoms with Gasteiger partial charge in [0.1, 0.15) is 11.2 Å². The van der Waals surface area contributed by atoms with Gasteiger partial charge in [-0.1, -0.05) is 231 Å². The number of fused-ring (bicyclic) bond motifs is 22. The minimum atomic E-state index is -0.160. The highest BCUT2D eigenvalue weighted by atomic mass is 16.3. The van der Waals surface area contributed by atoms with Crippen LogP contribution in [0.1, 0.15) is 11.1 Å². The molecule has 0 saturated carbocycles. The van der Waals surface area contributed by atoms with Crippen LogP contribution in [0.2, 0.25) is 0 Å². The van der Waals surface area contributed by atoms with Gasteiger partial charge in [-0.3, -0.25) is 0 Å². The molecule has 0 aliphatic carbocycles. The molecule has 0 radical (unpaired) electrons. The van der Waals surface area contributed by atoms with Gasteiger partial charge in [0.05, 0.1) is 11.0 Å². The van der Waals surface area contributed by atoms with E-state index in [4.69, 9.17) is 4.42 Å². The summed E-state index contributed by atoms with van der Waals surface area (Å²) in [6, 6.07) is 114. The zero-order chi connectivity index (χ0) is 58.7. The molecule has 16 aromatic carbocycles. The molecule has 0 saturated heterocycles. The summed E-state index contributed by atoms with van der Waals surface area (Å²) in [5.74, 6) is 0. The Kier molecular flexibility index (Phi) is 10.4. The lowest BCUT2D eigenvalue weighted by molar-refractivity contribution is 0.664. The zero-order valence-corrected chi connectivity index (χ0v) is 48.9. The third-order valence-electron chi connectivity index (χ3n) is 19.9. The number of benzene rings is 16. The quantitative estimate of drug-likeness (QED) is 0.123. The SMILES string of the molecule is c1ccc(-c2ccc3c(c2)B2c4ccc(-n5c6ccccc6c6ccccc65)cc4N(c4ccc5c6ccccc6c6ccccc6c5c4)c4cc(Cc5cccc6c5oc5ccccc56)cc(c42)N3c2ccc3c4ccccc4c4ccccc4c3c2)cc1. The van der Waals surface area contributed by atoms with Crippen molar-refractivity contribution >= 4 is 166 Å². The lowest BCUT2D eigenvalue weighted by atomic mass is 9.33. The van der Waals surface area contributed by atoms with Crippen molar-refractivity contribution in [3.05, 3.63) is 314 Å². The second-order valence-electron chi connectivity index (χ2n) is 24.6. The number of hydrogen-bond acceptors (Lipinski definition) is 3. The van der Waals surface area contributed by atoms with Gasteiger partial charge in [-0.25, -0.2) is 0 Å². The largest absolute Gasteiger partial charge is 0.456 e. The number of anilines is 6. The number of nitrogens with zero attached hydrogens (tertiary/aromatic N) is 3. The van der Waals surface area contributed by atoms with E-state index in [2.05, 4.69) is 318 Å². The van der Waals surface area contributed by atoms with E-state index in [0.717, 1.165) is 67.3 Å². The Morgan fingerprint density at radius 2 is 0.744 bits per heavy atom. The lowest BCUT2D eigenvalue weighted by Crippen LogP contribution is -2.61. The Balaban J connectivity index is 0.917. The van der Waals surface area contributed by atoms with Gasteiger partial charge in [0.15, 0.2) is 0 Å². The first-order chi connectivity index (χ1) is 44.6. The summed E-state index contributed by atoms with van der Waals surface area (Å²) in [7, 11) is 0. The molecule has 0 N–H and O–H groups in total. The average Bonchev–Trinajstić information content (AvgIpc) is 0.786. The summed E-state index contributed by atoms with van der Waals surface area (Å²) in [4.78, 5) is 5.23. The Morgan fingerprint density at radius 1 is 0.278 bits per heavy atom. The third-order valence-corrected chi connectivity index (χ3v) is 19.9. The maximum absolute atomic E-state index is 6.87. The molecule has 0 atom stereocenters. The summed E-state index contributed by atoms with van der Waals surface area (Å²) in [6.45, 7) is -0.160. The first kappa shape index (κ1) is 49.5. The van der Waals surface area contributed by atoms with Crippen LogP contribution in [0.5, 0.6) is 0 Å². The zero-order valence-electron chi connectivity index (χ0n) is 48.9. The molecule has 18 aromatic rings. The van der Waals surface area contributed by atoms with Crippen LogP contribution in [0.15, 0.2) is 308 Å². The fraction of sp³-hybridized carbons (Fsp3) is 0.0118. The Morgan fingerprint density at radius 3 is 1.32 bits per heavy atom. The molecule has 5 heteroatoms. The normalized spacial score (nSPS) is 12.9. The number of aromatic nitrogens is 1. The maximum Gasteiger partial charge on any atom is 0.252 e. The average molecular weight is 1140 g/mol. The third kappa shape index (κ3) is 7.08. The van der Waals surface area contributed by atoms with Crippen molar-refractivity contribution in [1.82, 2.24) is 4.57 Å². The van der Waals surface area contributed by atoms with Crippen LogP contribution in [0.3, 0.4) is 0 Å². The Hall–Kier alpha value is -11.7. The molecule has 0 fully saturated rings. The van der Waals surface area contributed by atoms with E-state index >= 15 is 0 Å². The van der Waals surface area contributed by atoms with Crippen LogP contribution in [0.4, 0.5) is 34.1 Å². The monoisotopic (exact) mass is 1140 g/mol. The van der Waals surface area contributed by atoms with E-state index in [1.165, 1.54) is 120 Å². The van der Waals surface area contributed by atoms with Gasteiger partial charge in [0.2, 0.25) is 0 Å². The van der Waals surface area contributed by atoms with Gasteiger partial charge in [-0.2, -0.15) is 0 Å². The summed E-state index contributed by atoms with van der Waals surface area (Å²) in [5, 5.41) is 19.7. The van der Waals surface area contributed by atoms with Crippen molar-refractivity contribution in [2.75, 3.05) is 9.80 Å². The van der Waals surface area contributed by atoms with E-state index in [1.807, 2.05) is 0 Å². The molecule has 2 aliphatic heterocycles. The van der Waals surface area contributed by atoms with Crippen molar-refractivity contribution in [2.45, 2.75) is 6.42 Å². The van der Waals surface area contributed by atoms with Gasteiger partial charge in [0.25, 0.3) is 6.71 Å². The van der Waals surface area contributed by atoms with Gasteiger partial charge < -0.3 is 18.8 Å². The van der Waals surface area contributed by atoms with Gasteiger partial charge in [-0.15, -0.1) is 0 Å². The Bertz CT molecular complexity index is 5990. The van der Waals surface area contributed by atoms with Gasteiger partial charge in [-0.05, 0) is 176 Å². The van der Waals surface area contributed by atoms with Gasteiger partial charge >= 0.3 is 0 Å². The first-order valence-electron chi connectivity index (χ1n) is 31.3. The molecule has 0 spiro atoms. The van der Waals surface area contributed by atoms with Crippen molar-refractivity contribution in [3.8, 4) is 16.8 Å². The molecule has 2 aliphatic rings. The summed E-state index contributed by atoms with van der Waals surface area (Å²) < 4.78 is 9.35. The second-order valence-corrected chi connectivity index (χ2v) is 24.6. The van der Waals surface area contributed by atoms with Crippen molar-refractivity contribution in [2.24, 2.45) is 0 Å². The van der Waals surface area contributed by atoms with E-state index < -0.39 is 0 Å². The molecule has 0 unspecified atom stereocenters. The molecule has 2 aromatic heterocycles. The summed E-state index contributed by atoms with van der Waals surface area (Å²) in [6.07, 6.45) is 0.639. The van der Waals surface area contributed by atoms with Crippen LogP contribution >= 0.6 is 0 Å². The summed E-state index contributed by atoms with van der Waals surface area (Å²) >= 11 is 0. The minimum absolute atomic E-state index is 0.160. The van der Waals surface area contributed by atoms with E-state index in [-0.39, 0.29) is 6.71 Å². The second kappa shape index (κ2) is 18.9. The molecular formula is C85H52BN3O. The highest BCUT2D eigenvalue weighted by Gasteiger charge is 2.44. The topological polar surface area (TPSA) is 24.6 Å².